The van der Waals surface area contributed by atoms with Crippen LogP contribution in [0.4, 0.5) is 23.3 Å². The van der Waals surface area contributed by atoms with E-state index in [-0.39, 0.29) is 114 Å². The number of hydrogen-bond donors (Lipinski definition) is 16. The normalized spacial score (nSPS) is 12.3. The van der Waals surface area contributed by atoms with Crippen LogP contribution in [0.3, 0.4) is 0 Å². The number of anilines is 4. The summed E-state index contributed by atoms with van der Waals surface area (Å²) in [6, 6.07) is 9.95. The highest BCUT2D eigenvalue weighted by molar-refractivity contribution is 6.00. The standard InChI is InChI=1S/C21H25N9O5.C19H19N7O6.C4H5NO3.C2H8N2/c22-7-8-24-15(31)6-5-14(20(34)35)28-18(32)11-1-3-12(4-2-11)25-9-13-10-26-17-16(27-13)19(33)30-21(23)29-17;20-19-25-15-14(17(30)26-19)23-11(8-22-15)7-21-10-3-1-9(2-4-10)16(29)24-12(18(31)32)5-6-13(27)28;6-3-1-2-4(7)5(3)8;3-1-2-4/h1-4,10,14,25H,5-9,22H2,(H,24,31)(H,28,32)(H,34,35)(H3,23,26,29,30,33);1-4,8,12,21H,5-7H2,(H,24,29)(H,27,28)(H,31,32)(H3,20,22,25,26,30);8H,1-2H2;1-4H2. The van der Waals surface area contributed by atoms with Crippen molar-refractivity contribution >= 4 is 93.0 Å². The van der Waals surface area contributed by atoms with Crippen LogP contribution in [0.25, 0.3) is 22.3 Å². The van der Waals surface area contributed by atoms with Crippen LogP contribution >= 0.6 is 0 Å². The predicted octanol–water partition coefficient (Wildman–Crippen LogP) is -2.67. The van der Waals surface area contributed by atoms with Gasteiger partial charge in [-0.3, -0.25) is 53.5 Å². The number of nitrogen functional groups attached to an aromatic ring is 2. The maximum absolute atomic E-state index is 12.5. The van der Waals surface area contributed by atoms with Gasteiger partial charge in [0, 0.05) is 74.4 Å². The van der Waals surface area contributed by atoms with Gasteiger partial charge in [0.2, 0.25) is 17.8 Å². The third-order valence-corrected chi connectivity index (χ3v) is 10.4. The molecule has 2 atom stereocenters. The third-order valence-electron chi connectivity index (χ3n) is 10.4. The van der Waals surface area contributed by atoms with Gasteiger partial charge in [-0.15, -0.1) is 0 Å². The Morgan fingerprint density at radius 1 is 0.595 bits per heavy atom. The van der Waals surface area contributed by atoms with Crippen LogP contribution in [-0.2, 0) is 41.9 Å². The molecule has 33 nitrogen and oxygen atoms in total. The minimum Gasteiger partial charge on any atom is -0.481 e. The van der Waals surface area contributed by atoms with E-state index in [9.17, 15) is 53.1 Å². The molecule has 21 N–H and O–H groups in total. The molecule has 5 amide bonds. The third kappa shape index (κ3) is 19.8. The molecular formula is C46H57N19O14. The molecule has 7 rings (SSSR count). The largest absolute Gasteiger partial charge is 0.481 e. The molecule has 420 valence electrons. The molecule has 0 bridgehead atoms. The lowest BCUT2D eigenvalue weighted by molar-refractivity contribution is -0.171. The minimum absolute atomic E-state index is 0.0468. The van der Waals surface area contributed by atoms with Crippen LogP contribution < -0.4 is 66.4 Å². The van der Waals surface area contributed by atoms with E-state index in [4.69, 9.17) is 44.1 Å². The number of aromatic amines is 2. The maximum Gasteiger partial charge on any atom is 0.326 e. The molecule has 5 heterocycles. The molecular weight excluding hydrogens is 1040 g/mol. The number of fused-ring (bicyclic) bond motifs is 2. The van der Waals surface area contributed by atoms with E-state index in [1.54, 1.807) is 24.3 Å². The van der Waals surface area contributed by atoms with E-state index in [1.165, 1.54) is 36.7 Å². The number of aliphatic carboxylic acids is 3. The first kappa shape index (κ1) is 61.4. The molecule has 6 aromatic rings. The number of nitrogens with two attached hydrogens (primary N) is 5. The van der Waals surface area contributed by atoms with Crippen LogP contribution in [0.2, 0.25) is 0 Å². The first-order valence-electron chi connectivity index (χ1n) is 23.5. The van der Waals surface area contributed by atoms with Crippen molar-refractivity contribution in [3.63, 3.8) is 0 Å². The van der Waals surface area contributed by atoms with E-state index in [2.05, 4.69) is 66.5 Å². The highest BCUT2D eigenvalue weighted by Gasteiger charge is 2.27. The monoisotopic (exact) mass is 1100 g/mol. The molecule has 4 aromatic heterocycles. The lowest BCUT2D eigenvalue weighted by Gasteiger charge is -2.15. The highest BCUT2D eigenvalue weighted by Crippen LogP contribution is 2.15. The first-order valence-corrected chi connectivity index (χ1v) is 23.5. The summed E-state index contributed by atoms with van der Waals surface area (Å²) in [7, 11) is 0. The number of rotatable bonds is 21. The number of benzene rings is 2. The summed E-state index contributed by atoms with van der Waals surface area (Å²) in [5, 5.41) is 49.2. The van der Waals surface area contributed by atoms with Crippen LogP contribution in [-0.4, -0.2) is 151 Å². The molecule has 0 aliphatic carbocycles. The number of hydrogen-bond acceptors (Lipinski definition) is 24. The average molecular weight is 1100 g/mol. The summed E-state index contributed by atoms with van der Waals surface area (Å²) in [5.74, 6) is -6.38. The minimum atomic E-state index is -1.31. The smallest absolute Gasteiger partial charge is 0.326 e. The fourth-order valence-corrected chi connectivity index (χ4v) is 6.38. The van der Waals surface area contributed by atoms with Crippen LogP contribution in [0.1, 0.15) is 70.6 Å². The second-order valence-electron chi connectivity index (χ2n) is 16.3. The summed E-state index contributed by atoms with van der Waals surface area (Å²) in [4.78, 5) is 143. The van der Waals surface area contributed by atoms with Gasteiger partial charge in [0.25, 0.3) is 34.7 Å². The van der Waals surface area contributed by atoms with Gasteiger partial charge < -0.3 is 70.6 Å². The van der Waals surface area contributed by atoms with Gasteiger partial charge in [-0.25, -0.2) is 29.5 Å². The number of H-pyrrole nitrogens is 2. The number of hydroxylamine groups is 2. The predicted molar refractivity (Wildman–Crippen MR) is 279 cm³/mol. The van der Waals surface area contributed by atoms with E-state index in [1.807, 2.05) is 0 Å². The molecule has 0 saturated carbocycles. The summed E-state index contributed by atoms with van der Waals surface area (Å²) >= 11 is 0. The number of carbonyl (C=O) groups excluding carboxylic acids is 5. The Hall–Kier alpha value is -10.1. The van der Waals surface area contributed by atoms with Gasteiger partial charge in [-0.2, -0.15) is 15.0 Å². The fourth-order valence-electron chi connectivity index (χ4n) is 6.38. The van der Waals surface area contributed by atoms with E-state index in [0.29, 0.717) is 42.4 Å². The van der Waals surface area contributed by atoms with Gasteiger partial charge >= 0.3 is 17.9 Å². The Balaban J connectivity index is 0.000000282. The number of carboxylic acid groups (broad SMARTS) is 3. The van der Waals surface area contributed by atoms with Crippen molar-refractivity contribution in [3.05, 3.63) is 104 Å². The summed E-state index contributed by atoms with van der Waals surface area (Å²) < 4.78 is 0. The summed E-state index contributed by atoms with van der Waals surface area (Å²) in [6.07, 6.45) is 2.48. The van der Waals surface area contributed by atoms with Crippen LogP contribution in [0.5, 0.6) is 0 Å². The molecule has 2 unspecified atom stereocenters. The molecule has 1 aliphatic heterocycles. The number of nitrogens with one attached hydrogen (secondary N) is 7. The van der Waals surface area contributed by atoms with Crippen molar-refractivity contribution in [1.29, 1.82) is 0 Å². The van der Waals surface area contributed by atoms with Gasteiger partial charge in [-0.05, 0) is 61.4 Å². The van der Waals surface area contributed by atoms with Crippen LogP contribution in [0.15, 0.2) is 70.5 Å². The number of carboxylic acids is 3. The van der Waals surface area contributed by atoms with Gasteiger partial charge in [0.1, 0.15) is 12.1 Å². The number of amides is 5. The molecule has 33 heteroatoms. The average Bonchev–Trinajstić information content (AvgIpc) is 3.73. The zero-order valence-corrected chi connectivity index (χ0v) is 41.8. The van der Waals surface area contributed by atoms with Gasteiger partial charge in [0.05, 0.1) is 36.9 Å². The lowest BCUT2D eigenvalue weighted by atomic mass is 10.1. The van der Waals surface area contributed by atoms with E-state index >= 15 is 0 Å². The molecule has 0 radical (unpaired) electrons. The van der Waals surface area contributed by atoms with Crippen molar-refractivity contribution < 1.29 is 58.9 Å². The van der Waals surface area contributed by atoms with Crippen molar-refractivity contribution in [2.24, 2.45) is 17.2 Å². The zero-order valence-electron chi connectivity index (χ0n) is 41.8. The Morgan fingerprint density at radius 2 is 1.00 bits per heavy atom. The number of nitrogens with zero attached hydrogens (tertiary/aromatic N) is 7. The van der Waals surface area contributed by atoms with Crippen molar-refractivity contribution in [2.75, 3.05) is 48.3 Å². The molecule has 0 spiro atoms. The number of carbonyl (C=O) groups is 8. The SMILES string of the molecule is NCCN.NCCNC(=O)CCC(NC(=O)c1ccc(NCc2cnc3nc(N)[nH]c(=O)c3n2)cc1)C(=O)O.Nc1nc2ncc(CNc3ccc(C(=O)NC(CCC(=O)O)C(=O)O)cc3)nc2c(=O)[nH]1.O=C1CCC(=O)N1O. The molecule has 1 fully saturated rings. The maximum atomic E-state index is 12.5. The van der Waals surface area contributed by atoms with E-state index < -0.39 is 64.7 Å². The molecule has 79 heavy (non-hydrogen) atoms. The fraction of sp³-hybridized carbons (Fsp3) is 0.304. The summed E-state index contributed by atoms with van der Waals surface area (Å²) in [5.41, 5.74) is 28.2. The molecule has 2 aromatic carbocycles. The number of imide groups is 1. The first-order chi connectivity index (χ1) is 37.6. The molecule has 1 saturated heterocycles. The van der Waals surface area contributed by atoms with Crippen molar-refractivity contribution in [1.82, 2.24) is 60.9 Å². The Kier molecular flexibility index (Phi) is 23.7. The lowest BCUT2D eigenvalue weighted by Crippen LogP contribution is -2.41. The number of aromatic nitrogens is 8. The van der Waals surface area contributed by atoms with Crippen molar-refractivity contribution in [2.45, 2.75) is 63.7 Å². The quantitative estimate of drug-likeness (QED) is 0.0258. The zero-order chi connectivity index (χ0) is 58.2. The van der Waals surface area contributed by atoms with E-state index in [0.717, 1.165) is 0 Å². The van der Waals surface area contributed by atoms with Crippen LogP contribution in [0, 0.1) is 0 Å². The van der Waals surface area contributed by atoms with Crippen molar-refractivity contribution in [3.8, 4) is 0 Å². The second kappa shape index (κ2) is 30.4. The Labute approximate surface area is 445 Å². The molecule has 1 aliphatic rings. The second-order valence-corrected chi connectivity index (χ2v) is 16.3. The summed E-state index contributed by atoms with van der Waals surface area (Å²) in [6.45, 7) is 2.24. The Bertz CT molecular complexity index is 3230. The highest BCUT2D eigenvalue weighted by atomic mass is 16.5. The van der Waals surface area contributed by atoms with Gasteiger partial charge in [0.15, 0.2) is 22.3 Å². The topological polar surface area (TPSA) is 554 Å². The Morgan fingerprint density at radius 3 is 1.34 bits per heavy atom. The van der Waals surface area contributed by atoms with Gasteiger partial charge in [-0.1, -0.05) is 0 Å².